The van der Waals surface area contributed by atoms with Crippen LogP contribution in [0.15, 0.2) is 53.9 Å². The lowest BCUT2D eigenvalue weighted by molar-refractivity contribution is -0.120. The minimum absolute atomic E-state index is 0. The minimum atomic E-state index is -0.673. The number of Topliss-reactive ketones (excluding diaryl/α,β-unsaturated/α-hetero) is 1. The van der Waals surface area contributed by atoms with Gasteiger partial charge in [-0.2, -0.15) is 0 Å². The van der Waals surface area contributed by atoms with Crippen molar-refractivity contribution in [1.82, 2.24) is 4.90 Å². The van der Waals surface area contributed by atoms with Crippen LogP contribution in [-0.4, -0.2) is 55.8 Å². The quantitative estimate of drug-likeness (QED) is 0.684. The van der Waals surface area contributed by atoms with Gasteiger partial charge >= 0.3 is 0 Å². The Morgan fingerprint density at radius 2 is 1.84 bits per heavy atom. The number of ketones is 1. The summed E-state index contributed by atoms with van der Waals surface area (Å²) in [6, 6.07) is 10.2. The molecule has 172 valence electrons. The van der Waals surface area contributed by atoms with Crippen molar-refractivity contribution in [3.05, 3.63) is 65.5 Å². The predicted molar refractivity (Wildman–Crippen MR) is 122 cm³/mol. The van der Waals surface area contributed by atoms with Crippen molar-refractivity contribution in [3.8, 4) is 0 Å². The first kappa shape index (κ1) is 25.3. The predicted octanol–water partition coefficient (Wildman–Crippen LogP) is 2.57. The van der Waals surface area contributed by atoms with Gasteiger partial charge in [0.15, 0.2) is 5.78 Å². The molecule has 2 aliphatic heterocycles. The zero-order valence-electron chi connectivity index (χ0n) is 17.7. The molecular formula is C22H25ClF2N4O3. The van der Waals surface area contributed by atoms with Crippen molar-refractivity contribution in [2.24, 2.45) is 0 Å². The molecule has 0 radical (unpaired) electrons. The molecular weight excluding hydrogens is 442 g/mol. The van der Waals surface area contributed by atoms with Crippen molar-refractivity contribution in [3.63, 3.8) is 0 Å². The van der Waals surface area contributed by atoms with Crippen LogP contribution in [0, 0.1) is 11.6 Å². The number of carbonyl (C=O) groups excluding carboxylic acids is 2. The molecule has 0 unspecified atom stereocenters. The Labute approximate surface area is 191 Å². The molecule has 3 N–H and O–H groups in total. The molecule has 0 aliphatic carbocycles. The number of halogens is 3. The van der Waals surface area contributed by atoms with Crippen molar-refractivity contribution < 1.29 is 23.8 Å². The van der Waals surface area contributed by atoms with Gasteiger partial charge in [0.05, 0.1) is 17.1 Å². The summed E-state index contributed by atoms with van der Waals surface area (Å²) in [5.41, 5.74) is 1.31. The third kappa shape index (κ3) is 4.59. The fraction of sp³-hybridized carbons (Fsp3) is 0.273. The number of hydrogen-bond donors (Lipinski definition) is 1. The molecule has 10 heteroatoms. The SMILES string of the molecule is CN(C)CCN1C2=C(C(=O)Nc3ccccc3F)C(=O)CCN2c2ccc(F)cc21.Cl.O. The van der Waals surface area contributed by atoms with E-state index in [1.807, 2.05) is 23.9 Å². The molecule has 1 amide bonds. The Morgan fingerprint density at radius 1 is 1.12 bits per heavy atom. The topological polar surface area (TPSA) is 87.4 Å². The Kier molecular flexibility index (Phi) is 7.95. The first-order valence-corrected chi connectivity index (χ1v) is 9.69. The van der Waals surface area contributed by atoms with Crippen molar-refractivity contribution >= 4 is 41.2 Å². The average Bonchev–Trinajstić information content (AvgIpc) is 3.00. The van der Waals surface area contributed by atoms with E-state index in [-0.39, 0.29) is 41.3 Å². The summed E-state index contributed by atoms with van der Waals surface area (Å²) in [4.78, 5) is 31.5. The lowest BCUT2D eigenvalue weighted by atomic mass is 10.0. The van der Waals surface area contributed by atoms with Crippen LogP contribution in [0.25, 0.3) is 0 Å². The summed E-state index contributed by atoms with van der Waals surface area (Å²) in [5, 5.41) is 2.52. The lowest BCUT2D eigenvalue weighted by Crippen LogP contribution is -2.42. The second-order valence-electron chi connectivity index (χ2n) is 7.55. The molecule has 2 aliphatic rings. The molecule has 7 nitrogen and oxygen atoms in total. The van der Waals surface area contributed by atoms with Gasteiger partial charge in [0.1, 0.15) is 23.0 Å². The summed E-state index contributed by atoms with van der Waals surface area (Å²) in [6.07, 6.45) is 0.141. The number of fused-ring (bicyclic) bond motifs is 3. The third-order valence-electron chi connectivity index (χ3n) is 5.22. The minimum Gasteiger partial charge on any atom is -0.412 e. The van der Waals surface area contributed by atoms with E-state index in [0.717, 1.165) is 5.69 Å². The number of carbonyl (C=O) groups is 2. The van der Waals surface area contributed by atoms with Crippen LogP contribution in [0.2, 0.25) is 0 Å². The number of nitrogens with zero attached hydrogens (tertiary/aromatic N) is 3. The van der Waals surface area contributed by atoms with Crippen molar-refractivity contribution in [2.75, 3.05) is 48.8 Å². The maximum absolute atomic E-state index is 14.0. The van der Waals surface area contributed by atoms with Crippen LogP contribution in [0.3, 0.4) is 0 Å². The standard InChI is InChI=1S/C22H22F2N4O2.ClH.H2O/c1-26(2)11-12-28-18-13-14(23)7-8-17(18)27-10-9-19(29)20(22(27)28)21(30)25-16-6-4-3-5-15(16)24;;/h3-8,13H,9-12H2,1-2H3,(H,25,30);1H;1H2. The summed E-state index contributed by atoms with van der Waals surface area (Å²) in [6.45, 7) is 1.48. The van der Waals surface area contributed by atoms with E-state index < -0.39 is 17.5 Å². The van der Waals surface area contributed by atoms with Gasteiger partial charge in [-0.05, 0) is 44.4 Å². The Balaban J connectivity index is 0.00000181. The number of benzene rings is 2. The third-order valence-corrected chi connectivity index (χ3v) is 5.22. The zero-order chi connectivity index (χ0) is 21.4. The number of nitrogens with one attached hydrogen (secondary N) is 1. The normalized spacial score (nSPS) is 14.6. The fourth-order valence-electron chi connectivity index (χ4n) is 3.78. The summed E-state index contributed by atoms with van der Waals surface area (Å²) >= 11 is 0. The molecule has 0 aromatic heterocycles. The van der Waals surface area contributed by atoms with E-state index in [0.29, 0.717) is 31.1 Å². The van der Waals surface area contributed by atoms with Crippen LogP contribution in [0.5, 0.6) is 0 Å². The van der Waals surface area contributed by atoms with Crippen LogP contribution in [-0.2, 0) is 9.59 Å². The maximum atomic E-state index is 14.0. The van der Waals surface area contributed by atoms with E-state index in [2.05, 4.69) is 5.32 Å². The Hall–Kier alpha value is -3.01. The molecule has 32 heavy (non-hydrogen) atoms. The summed E-state index contributed by atoms with van der Waals surface area (Å²) in [5.74, 6) is -1.56. The van der Waals surface area contributed by atoms with E-state index in [9.17, 15) is 18.4 Å². The number of likely N-dealkylation sites (N-methyl/N-ethyl adjacent to an activating group) is 1. The number of amides is 1. The van der Waals surface area contributed by atoms with Gasteiger partial charge < -0.3 is 25.5 Å². The Morgan fingerprint density at radius 3 is 2.53 bits per heavy atom. The maximum Gasteiger partial charge on any atom is 0.263 e. The van der Waals surface area contributed by atoms with Crippen molar-refractivity contribution in [1.29, 1.82) is 0 Å². The van der Waals surface area contributed by atoms with Gasteiger partial charge in [0.25, 0.3) is 5.91 Å². The van der Waals surface area contributed by atoms with E-state index >= 15 is 0 Å². The molecule has 2 aromatic rings. The molecule has 0 fully saturated rings. The molecule has 0 saturated carbocycles. The number of para-hydroxylation sites is 1. The first-order chi connectivity index (χ1) is 14.4. The number of rotatable bonds is 5. The van der Waals surface area contributed by atoms with Gasteiger partial charge in [-0.25, -0.2) is 8.78 Å². The number of hydrogen-bond acceptors (Lipinski definition) is 5. The van der Waals surface area contributed by atoms with Crippen LogP contribution < -0.4 is 15.1 Å². The molecule has 0 saturated heterocycles. The highest BCUT2D eigenvalue weighted by Crippen LogP contribution is 2.45. The van der Waals surface area contributed by atoms with Crippen LogP contribution in [0.4, 0.5) is 25.8 Å². The second kappa shape index (κ2) is 10.1. The number of anilines is 3. The van der Waals surface area contributed by atoms with Gasteiger partial charge in [-0.1, -0.05) is 12.1 Å². The van der Waals surface area contributed by atoms with Gasteiger partial charge in [-0.3, -0.25) is 9.59 Å². The second-order valence-corrected chi connectivity index (χ2v) is 7.55. The first-order valence-electron chi connectivity index (χ1n) is 9.69. The molecule has 0 atom stereocenters. The molecule has 4 rings (SSSR count). The highest BCUT2D eigenvalue weighted by atomic mass is 35.5. The monoisotopic (exact) mass is 466 g/mol. The van der Waals surface area contributed by atoms with Crippen LogP contribution >= 0.6 is 12.4 Å². The van der Waals surface area contributed by atoms with E-state index in [1.54, 1.807) is 17.0 Å². The molecule has 0 bridgehead atoms. The van der Waals surface area contributed by atoms with Gasteiger partial charge in [0, 0.05) is 26.1 Å². The van der Waals surface area contributed by atoms with Gasteiger partial charge in [0.2, 0.25) is 0 Å². The summed E-state index contributed by atoms with van der Waals surface area (Å²) < 4.78 is 28.1. The molecule has 0 spiro atoms. The average molecular weight is 467 g/mol. The largest absolute Gasteiger partial charge is 0.412 e. The van der Waals surface area contributed by atoms with Crippen LogP contribution in [0.1, 0.15) is 6.42 Å². The fourth-order valence-corrected chi connectivity index (χ4v) is 3.78. The summed E-state index contributed by atoms with van der Waals surface area (Å²) in [7, 11) is 3.82. The van der Waals surface area contributed by atoms with E-state index in [1.165, 1.54) is 30.3 Å². The smallest absolute Gasteiger partial charge is 0.263 e. The van der Waals surface area contributed by atoms with Gasteiger partial charge in [-0.15, -0.1) is 12.4 Å². The highest BCUT2D eigenvalue weighted by molar-refractivity contribution is 6.25. The molecule has 2 heterocycles. The van der Waals surface area contributed by atoms with E-state index in [4.69, 9.17) is 0 Å². The Bertz CT molecular complexity index is 1060. The lowest BCUT2D eigenvalue weighted by Gasteiger charge is -2.31. The highest BCUT2D eigenvalue weighted by Gasteiger charge is 2.41. The van der Waals surface area contributed by atoms with Crippen molar-refractivity contribution in [2.45, 2.75) is 6.42 Å². The molecule has 2 aromatic carbocycles. The zero-order valence-corrected chi connectivity index (χ0v) is 18.5.